The highest BCUT2D eigenvalue weighted by atomic mass is 32.2. The molecular weight excluding hydrogens is 462 g/mol. The van der Waals surface area contributed by atoms with Crippen LogP contribution in [0.2, 0.25) is 0 Å². The molecular formula is C27H39N3O2S2. The molecule has 1 aromatic carbocycles. The Kier molecular flexibility index (Phi) is 7.52. The number of thiophene rings is 1. The summed E-state index contributed by atoms with van der Waals surface area (Å²) in [6.45, 7) is 19.2. The fourth-order valence-electron chi connectivity index (χ4n) is 4.13. The maximum absolute atomic E-state index is 13.4. The minimum absolute atomic E-state index is 0.0344. The van der Waals surface area contributed by atoms with Crippen molar-refractivity contribution in [1.29, 1.82) is 0 Å². The van der Waals surface area contributed by atoms with E-state index in [4.69, 9.17) is 0 Å². The molecule has 0 amide bonds. The lowest BCUT2D eigenvalue weighted by molar-refractivity contribution is 0.492. The third-order valence-electron chi connectivity index (χ3n) is 5.47. The van der Waals surface area contributed by atoms with Crippen molar-refractivity contribution in [2.75, 3.05) is 0 Å². The summed E-state index contributed by atoms with van der Waals surface area (Å²) in [7, 11) is -3.65. The van der Waals surface area contributed by atoms with Crippen LogP contribution in [0.1, 0.15) is 77.2 Å². The van der Waals surface area contributed by atoms with Crippen molar-refractivity contribution < 1.29 is 8.42 Å². The fourth-order valence-corrected chi connectivity index (χ4v) is 7.70. The fraction of sp³-hybridized carbons (Fsp3) is 0.519. The Morgan fingerprint density at radius 1 is 1.06 bits per heavy atom. The van der Waals surface area contributed by atoms with Crippen LogP contribution >= 0.6 is 11.3 Å². The Morgan fingerprint density at radius 2 is 1.68 bits per heavy atom. The molecule has 0 radical (unpaired) electrons. The number of aromatic nitrogens is 2. The minimum atomic E-state index is -3.65. The summed E-state index contributed by atoms with van der Waals surface area (Å²) in [4.78, 5) is 5.68. The predicted molar refractivity (Wildman–Crippen MR) is 143 cm³/mol. The average molecular weight is 502 g/mol. The standard InChI is InChI=1S/C27H39N3O2S2/c1-18(2)16-22-19(3)23(24(33-22)34(31,32)29-27(7,8)9)21-12-10-20(11-13-21)17-30-15-14-28-25(30)26(4,5)6/h10-15,18,29H,16-17H2,1-9H3. The molecule has 1 N–H and O–H groups in total. The van der Waals surface area contributed by atoms with Gasteiger partial charge in [-0.25, -0.2) is 18.1 Å². The van der Waals surface area contributed by atoms with E-state index in [2.05, 4.69) is 67.9 Å². The molecule has 0 spiro atoms. The first-order chi connectivity index (χ1) is 15.6. The summed E-state index contributed by atoms with van der Waals surface area (Å²) in [5.41, 5.74) is 3.38. The van der Waals surface area contributed by atoms with Gasteiger partial charge in [-0.3, -0.25) is 0 Å². The van der Waals surface area contributed by atoms with Crippen molar-refractivity contribution in [2.24, 2.45) is 5.92 Å². The lowest BCUT2D eigenvalue weighted by atomic mass is 9.95. The number of nitrogens with zero attached hydrogens (tertiary/aromatic N) is 2. The molecule has 5 nitrogen and oxygen atoms in total. The first-order valence-corrected chi connectivity index (χ1v) is 14.2. The van der Waals surface area contributed by atoms with Gasteiger partial charge in [0.25, 0.3) is 10.0 Å². The van der Waals surface area contributed by atoms with E-state index in [1.54, 1.807) is 0 Å². The number of hydrogen-bond acceptors (Lipinski definition) is 4. The molecule has 34 heavy (non-hydrogen) atoms. The Balaban J connectivity index is 2.02. The molecule has 0 fully saturated rings. The molecule has 0 saturated carbocycles. The third kappa shape index (κ3) is 6.18. The van der Waals surface area contributed by atoms with Crippen molar-refractivity contribution in [1.82, 2.24) is 14.3 Å². The Labute approximate surface area is 209 Å². The average Bonchev–Trinajstić information content (AvgIpc) is 3.26. The van der Waals surface area contributed by atoms with Crippen molar-refractivity contribution in [3.05, 3.63) is 58.5 Å². The van der Waals surface area contributed by atoms with Crippen molar-refractivity contribution in [3.8, 4) is 11.1 Å². The Bertz CT molecular complexity index is 1240. The smallest absolute Gasteiger partial charge is 0.251 e. The van der Waals surface area contributed by atoms with Crippen LogP contribution in [0.4, 0.5) is 0 Å². The SMILES string of the molecule is Cc1c(CC(C)C)sc(S(=O)(=O)NC(C)(C)C)c1-c1ccc(Cn2ccnc2C(C)(C)C)cc1. The van der Waals surface area contributed by atoms with Crippen LogP contribution in [0, 0.1) is 12.8 Å². The molecule has 0 aliphatic heterocycles. The van der Waals surface area contributed by atoms with Crippen LogP contribution in [-0.2, 0) is 28.4 Å². The van der Waals surface area contributed by atoms with E-state index in [1.165, 1.54) is 11.3 Å². The van der Waals surface area contributed by atoms with Gasteiger partial charge in [-0.05, 0) is 56.7 Å². The second-order valence-corrected chi connectivity index (χ2v) is 14.6. The maximum atomic E-state index is 13.4. The van der Waals surface area contributed by atoms with Crippen molar-refractivity contribution in [2.45, 2.75) is 90.4 Å². The van der Waals surface area contributed by atoms with Gasteiger partial charge in [-0.2, -0.15) is 0 Å². The van der Waals surface area contributed by atoms with Gasteiger partial charge in [0.05, 0.1) is 0 Å². The first-order valence-electron chi connectivity index (χ1n) is 11.9. The zero-order valence-corrected chi connectivity index (χ0v) is 23.6. The van der Waals surface area contributed by atoms with Crippen LogP contribution in [0.25, 0.3) is 11.1 Å². The van der Waals surface area contributed by atoms with E-state index in [-0.39, 0.29) is 5.41 Å². The quantitative estimate of drug-likeness (QED) is 0.400. The van der Waals surface area contributed by atoms with Crippen LogP contribution in [-0.4, -0.2) is 23.5 Å². The number of rotatable bonds is 7. The Morgan fingerprint density at radius 3 is 2.21 bits per heavy atom. The summed E-state index contributed by atoms with van der Waals surface area (Å²) >= 11 is 1.41. The minimum Gasteiger partial charge on any atom is -0.330 e. The monoisotopic (exact) mass is 501 g/mol. The topological polar surface area (TPSA) is 64.0 Å². The van der Waals surface area contributed by atoms with Gasteiger partial charge in [0.1, 0.15) is 10.0 Å². The van der Waals surface area contributed by atoms with Gasteiger partial charge in [0.15, 0.2) is 0 Å². The number of imidazole rings is 1. The Hall–Kier alpha value is -1.96. The molecule has 0 aliphatic rings. The number of hydrogen-bond donors (Lipinski definition) is 1. The van der Waals surface area contributed by atoms with E-state index < -0.39 is 15.6 Å². The van der Waals surface area contributed by atoms with Gasteiger partial charge in [0.2, 0.25) is 0 Å². The van der Waals surface area contributed by atoms with E-state index in [0.29, 0.717) is 10.1 Å². The number of sulfonamides is 1. The molecule has 2 heterocycles. The summed E-state index contributed by atoms with van der Waals surface area (Å²) in [5, 5.41) is 0. The predicted octanol–water partition coefficient (Wildman–Crippen LogP) is 6.54. The molecule has 0 saturated heterocycles. The zero-order chi connectivity index (χ0) is 25.5. The maximum Gasteiger partial charge on any atom is 0.251 e. The highest BCUT2D eigenvalue weighted by molar-refractivity contribution is 7.91. The summed E-state index contributed by atoms with van der Waals surface area (Å²) < 4.78 is 32.2. The lowest BCUT2D eigenvalue weighted by Gasteiger charge is -2.20. The van der Waals surface area contributed by atoms with Gasteiger partial charge in [0, 0.05) is 40.3 Å². The molecule has 186 valence electrons. The van der Waals surface area contributed by atoms with Crippen molar-refractivity contribution in [3.63, 3.8) is 0 Å². The zero-order valence-electron chi connectivity index (χ0n) is 22.0. The second kappa shape index (κ2) is 9.59. The molecule has 0 bridgehead atoms. The third-order valence-corrected chi connectivity index (χ3v) is 9.06. The van der Waals surface area contributed by atoms with Gasteiger partial charge >= 0.3 is 0 Å². The molecule has 7 heteroatoms. The first kappa shape index (κ1) is 26.6. The molecule has 3 rings (SSSR count). The van der Waals surface area contributed by atoms with E-state index in [9.17, 15) is 8.42 Å². The van der Waals surface area contributed by atoms with E-state index >= 15 is 0 Å². The normalized spacial score (nSPS) is 13.1. The number of benzene rings is 1. The highest BCUT2D eigenvalue weighted by Gasteiger charge is 2.30. The van der Waals surface area contributed by atoms with Crippen LogP contribution in [0.5, 0.6) is 0 Å². The molecule has 3 aromatic rings. The molecule has 2 aromatic heterocycles. The van der Waals surface area contributed by atoms with Gasteiger partial charge < -0.3 is 4.57 Å². The highest BCUT2D eigenvalue weighted by Crippen LogP contribution is 2.41. The summed E-state index contributed by atoms with van der Waals surface area (Å²) in [6, 6.07) is 8.28. The number of nitrogens with one attached hydrogen (secondary N) is 1. The van der Waals surface area contributed by atoms with Crippen LogP contribution < -0.4 is 4.72 Å². The second-order valence-electron chi connectivity index (χ2n) is 11.6. The summed E-state index contributed by atoms with van der Waals surface area (Å²) in [6.07, 6.45) is 4.72. The van der Waals surface area contributed by atoms with Crippen LogP contribution in [0.15, 0.2) is 40.9 Å². The van der Waals surface area contributed by atoms with Gasteiger partial charge in [-0.15, -0.1) is 11.3 Å². The van der Waals surface area contributed by atoms with E-state index in [1.807, 2.05) is 45.3 Å². The lowest BCUT2D eigenvalue weighted by Crippen LogP contribution is -2.40. The van der Waals surface area contributed by atoms with Gasteiger partial charge in [-0.1, -0.05) is 58.9 Å². The van der Waals surface area contributed by atoms with E-state index in [0.717, 1.165) is 45.9 Å². The summed E-state index contributed by atoms with van der Waals surface area (Å²) in [5.74, 6) is 1.50. The van der Waals surface area contributed by atoms with Crippen molar-refractivity contribution >= 4 is 21.4 Å². The largest absolute Gasteiger partial charge is 0.330 e. The molecule has 0 aliphatic carbocycles. The molecule has 0 unspecified atom stereocenters. The van der Waals surface area contributed by atoms with Crippen LogP contribution in [0.3, 0.4) is 0 Å². The molecule has 0 atom stereocenters.